The first-order chi connectivity index (χ1) is 5.74. The standard InChI is InChI=1S/C10H20N2/c1-5-7-8-10(11-3)9-12(4)6-2/h7-8H,5-6,9H2,1-4H3/b8-7-,11-10?. The predicted octanol–water partition coefficient (Wildman–Crippen LogP) is 1.98. The van der Waals surface area contributed by atoms with Crippen LogP contribution in [0.5, 0.6) is 0 Å². The van der Waals surface area contributed by atoms with Crippen LogP contribution in [0.25, 0.3) is 0 Å². The Morgan fingerprint density at radius 1 is 1.42 bits per heavy atom. The molecule has 0 aliphatic heterocycles. The van der Waals surface area contributed by atoms with Gasteiger partial charge < -0.3 is 4.90 Å². The number of allylic oxidation sites excluding steroid dienone is 1. The molecule has 0 atom stereocenters. The van der Waals surface area contributed by atoms with E-state index in [1.54, 1.807) is 0 Å². The molecule has 2 nitrogen and oxygen atoms in total. The van der Waals surface area contributed by atoms with Gasteiger partial charge in [0.15, 0.2) is 0 Å². The molecule has 0 aromatic rings. The van der Waals surface area contributed by atoms with Crippen LogP contribution in [0, 0.1) is 0 Å². The fourth-order valence-corrected chi connectivity index (χ4v) is 0.840. The van der Waals surface area contributed by atoms with Crippen LogP contribution < -0.4 is 0 Å². The molecule has 70 valence electrons. The smallest absolute Gasteiger partial charge is 0.0481 e. The largest absolute Gasteiger partial charge is 0.301 e. The van der Waals surface area contributed by atoms with Gasteiger partial charge in [-0.25, -0.2) is 0 Å². The molecule has 0 heterocycles. The van der Waals surface area contributed by atoms with Gasteiger partial charge in [-0.2, -0.15) is 0 Å². The maximum Gasteiger partial charge on any atom is 0.0481 e. The van der Waals surface area contributed by atoms with Crippen molar-refractivity contribution in [3.63, 3.8) is 0 Å². The van der Waals surface area contributed by atoms with E-state index in [0.29, 0.717) is 0 Å². The van der Waals surface area contributed by atoms with Crippen LogP contribution >= 0.6 is 0 Å². The van der Waals surface area contributed by atoms with Crippen LogP contribution in [-0.4, -0.2) is 37.8 Å². The van der Waals surface area contributed by atoms with E-state index >= 15 is 0 Å². The molecule has 0 radical (unpaired) electrons. The molecule has 0 unspecified atom stereocenters. The predicted molar refractivity (Wildman–Crippen MR) is 56.0 cm³/mol. The van der Waals surface area contributed by atoms with Gasteiger partial charge in [-0.3, -0.25) is 4.99 Å². The van der Waals surface area contributed by atoms with Crippen LogP contribution in [-0.2, 0) is 0 Å². The summed E-state index contributed by atoms with van der Waals surface area (Å²) >= 11 is 0. The molecule has 2 heteroatoms. The summed E-state index contributed by atoms with van der Waals surface area (Å²) in [6.07, 6.45) is 5.33. The third-order valence-corrected chi connectivity index (χ3v) is 1.80. The van der Waals surface area contributed by atoms with Crippen molar-refractivity contribution in [2.45, 2.75) is 20.3 Å². The van der Waals surface area contributed by atoms with Gasteiger partial charge in [-0.15, -0.1) is 0 Å². The summed E-state index contributed by atoms with van der Waals surface area (Å²) in [5, 5.41) is 0. The highest BCUT2D eigenvalue weighted by molar-refractivity contribution is 5.96. The summed E-state index contributed by atoms with van der Waals surface area (Å²) in [4.78, 5) is 6.44. The van der Waals surface area contributed by atoms with Crippen molar-refractivity contribution in [2.75, 3.05) is 27.2 Å². The molecule has 0 aromatic carbocycles. The Morgan fingerprint density at radius 3 is 2.50 bits per heavy atom. The first kappa shape index (κ1) is 11.4. The maximum atomic E-state index is 4.20. The second-order valence-electron chi connectivity index (χ2n) is 2.86. The minimum absolute atomic E-state index is 0.948. The molecule has 0 saturated carbocycles. The minimum Gasteiger partial charge on any atom is -0.301 e. The average Bonchev–Trinajstić information content (AvgIpc) is 2.11. The molecule has 0 bridgehead atoms. The van der Waals surface area contributed by atoms with Crippen molar-refractivity contribution in [1.82, 2.24) is 4.90 Å². The van der Waals surface area contributed by atoms with Crippen LogP contribution in [0.15, 0.2) is 17.1 Å². The van der Waals surface area contributed by atoms with Gasteiger partial charge in [0.05, 0.1) is 0 Å². The lowest BCUT2D eigenvalue weighted by Crippen LogP contribution is -2.24. The monoisotopic (exact) mass is 168 g/mol. The van der Waals surface area contributed by atoms with Crippen LogP contribution in [0.1, 0.15) is 20.3 Å². The first-order valence-electron chi connectivity index (χ1n) is 4.55. The molecule has 0 N–H and O–H groups in total. The van der Waals surface area contributed by atoms with Gasteiger partial charge in [0.1, 0.15) is 0 Å². The van der Waals surface area contributed by atoms with E-state index in [0.717, 1.165) is 25.2 Å². The zero-order valence-corrected chi connectivity index (χ0v) is 8.67. The molecule has 0 aromatic heterocycles. The number of rotatable bonds is 5. The van der Waals surface area contributed by atoms with E-state index < -0.39 is 0 Å². The van der Waals surface area contributed by atoms with Crippen molar-refractivity contribution in [3.8, 4) is 0 Å². The van der Waals surface area contributed by atoms with Gasteiger partial charge in [0, 0.05) is 19.3 Å². The van der Waals surface area contributed by atoms with Crippen molar-refractivity contribution in [3.05, 3.63) is 12.2 Å². The Bertz CT molecular complexity index is 159. The van der Waals surface area contributed by atoms with Gasteiger partial charge in [-0.1, -0.05) is 19.9 Å². The third kappa shape index (κ3) is 5.08. The lowest BCUT2D eigenvalue weighted by Gasteiger charge is -2.12. The fourth-order valence-electron chi connectivity index (χ4n) is 0.840. The molecule has 12 heavy (non-hydrogen) atoms. The highest BCUT2D eigenvalue weighted by Crippen LogP contribution is 1.89. The van der Waals surface area contributed by atoms with E-state index in [4.69, 9.17) is 0 Å². The van der Waals surface area contributed by atoms with Gasteiger partial charge >= 0.3 is 0 Å². The molecule has 0 fully saturated rings. The maximum absolute atomic E-state index is 4.20. The average molecular weight is 168 g/mol. The van der Waals surface area contributed by atoms with Crippen molar-refractivity contribution < 1.29 is 0 Å². The van der Waals surface area contributed by atoms with Gasteiger partial charge in [0.2, 0.25) is 0 Å². The van der Waals surface area contributed by atoms with E-state index in [-0.39, 0.29) is 0 Å². The molecular weight excluding hydrogens is 148 g/mol. The summed E-state index contributed by atoms with van der Waals surface area (Å²) in [7, 11) is 3.95. The molecular formula is C10H20N2. The lowest BCUT2D eigenvalue weighted by atomic mass is 10.3. The Labute approximate surface area is 76.0 Å². The summed E-state index contributed by atoms with van der Waals surface area (Å²) in [5.74, 6) is 0. The summed E-state index contributed by atoms with van der Waals surface area (Å²) in [6, 6.07) is 0. The van der Waals surface area contributed by atoms with Crippen molar-refractivity contribution in [1.29, 1.82) is 0 Å². The third-order valence-electron chi connectivity index (χ3n) is 1.80. The highest BCUT2D eigenvalue weighted by Gasteiger charge is 1.97. The zero-order valence-electron chi connectivity index (χ0n) is 8.67. The highest BCUT2D eigenvalue weighted by atomic mass is 15.1. The Hall–Kier alpha value is -0.630. The van der Waals surface area contributed by atoms with E-state index in [9.17, 15) is 0 Å². The second kappa shape index (κ2) is 7.04. The number of aliphatic imine (C=N–C) groups is 1. The molecule has 0 rings (SSSR count). The molecule has 0 spiro atoms. The fraction of sp³-hybridized carbons (Fsp3) is 0.700. The normalized spacial score (nSPS) is 13.2. The zero-order chi connectivity index (χ0) is 9.40. The topological polar surface area (TPSA) is 15.6 Å². The molecule has 0 amide bonds. The van der Waals surface area contributed by atoms with Crippen LogP contribution in [0.3, 0.4) is 0 Å². The van der Waals surface area contributed by atoms with Crippen molar-refractivity contribution >= 4 is 5.71 Å². The summed E-state index contributed by atoms with van der Waals surface area (Å²) in [5.41, 5.74) is 1.15. The van der Waals surface area contributed by atoms with Crippen LogP contribution in [0.2, 0.25) is 0 Å². The Balaban J connectivity index is 3.93. The molecule has 0 saturated heterocycles. The Kier molecular flexibility index (Phi) is 6.67. The van der Waals surface area contributed by atoms with Gasteiger partial charge in [-0.05, 0) is 26.1 Å². The number of hydrogen-bond acceptors (Lipinski definition) is 2. The molecule has 0 aliphatic rings. The van der Waals surface area contributed by atoms with E-state index in [2.05, 4.69) is 42.9 Å². The van der Waals surface area contributed by atoms with Gasteiger partial charge in [0.25, 0.3) is 0 Å². The van der Waals surface area contributed by atoms with Crippen molar-refractivity contribution in [2.24, 2.45) is 4.99 Å². The lowest BCUT2D eigenvalue weighted by molar-refractivity contribution is 0.404. The summed E-state index contributed by atoms with van der Waals surface area (Å²) in [6.45, 7) is 6.30. The Morgan fingerprint density at radius 2 is 2.08 bits per heavy atom. The number of nitrogens with zero attached hydrogens (tertiary/aromatic N) is 2. The first-order valence-corrected chi connectivity index (χ1v) is 4.55. The molecule has 0 aliphatic carbocycles. The minimum atomic E-state index is 0.948. The second-order valence-corrected chi connectivity index (χ2v) is 2.86. The number of hydrogen-bond donors (Lipinski definition) is 0. The quantitative estimate of drug-likeness (QED) is 0.573. The SMILES string of the molecule is CC/C=C\C(CN(C)CC)=NC. The van der Waals surface area contributed by atoms with E-state index in [1.807, 2.05) is 7.05 Å². The van der Waals surface area contributed by atoms with E-state index in [1.165, 1.54) is 0 Å². The van der Waals surface area contributed by atoms with Crippen LogP contribution in [0.4, 0.5) is 0 Å². The summed E-state index contributed by atoms with van der Waals surface area (Å²) < 4.78 is 0.